The average Bonchev–Trinajstić information content (AvgIpc) is 2.67. The van der Waals surface area contributed by atoms with E-state index in [1.54, 1.807) is 12.1 Å². The Bertz CT molecular complexity index is 685. The van der Waals surface area contributed by atoms with Gasteiger partial charge in [0.25, 0.3) is 0 Å². The fraction of sp³-hybridized carbons (Fsp3) is 0.364. The molecule has 1 aliphatic rings. The van der Waals surface area contributed by atoms with Gasteiger partial charge in [0.05, 0.1) is 0 Å². The number of benzene rings is 2. The minimum Gasteiger partial charge on any atom is -0.303 e. The predicted octanol–water partition coefficient (Wildman–Crippen LogP) is 4.54. The van der Waals surface area contributed by atoms with Gasteiger partial charge in [-0.15, -0.1) is 0 Å². The Morgan fingerprint density at radius 2 is 1.72 bits per heavy atom. The smallest absolute Gasteiger partial charge is 0.166 e. The summed E-state index contributed by atoms with van der Waals surface area (Å²) >= 11 is 0. The van der Waals surface area contributed by atoms with Gasteiger partial charge in [-0.2, -0.15) is 0 Å². The third-order valence-corrected chi connectivity index (χ3v) is 5.06. The van der Waals surface area contributed by atoms with E-state index in [0.29, 0.717) is 5.56 Å². The van der Waals surface area contributed by atoms with E-state index in [0.717, 1.165) is 38.9 Å². The van der Waals surface area contributed by atoms with Gasteiger partial charge in [-0.25, -0.2) is 4.39 Å². The maximum Gasteiger partial charge on any atom is 0.166 e. The van der Waals surface area contributed by atoms with E-state index >= 15 is 0 Å². The molecule has 3 rings (SSSR count). The Balaban J connectivity index is 1.46. The molecule has 1 fully saturated rings. The SMILES string of the molecule is CCc1ccc([CH]CN2CCC(C(=O)c3ccc(F)cc3)CC2)cc1. The second kappa shape index (κ2) is 8.39. The average molecular weight is 338 g/mol. The number of rotatable bonds is 6. The summed E-state index contributed by atoms with van der Waals surface area (Å²) in [6.45, 7) is 4.95. The van der Waals surface area contributed by atoms with Gasteiger partial charge in [-0.1, -0.05) is 31.2 Å². The third kappa shape index (κ3) is 4.76. The molecule has 0 aliphatic carbocycles. The minimum atomic E-state index is -0.297. The van der Waals surface area contributed by atoms with E-state index in [-0.39, 0.29) is 17.5 Å². The summed E-state index contributed by atoms with van der Waals surface area (Å²) in [4.78, 5) is 14.9. The van der Waals surface area contributed by atoms with Crippen molar-refractivity contribution in [1.82, 2.24) is 4.90 Å². The summed E-state index contributed by atoms with van der Waals surface area (Å²) in [5.74, 6) is -0.0850. The van der Waals surface area contributed by atoms with Crippen LogP contribution in [0.4, 0.5) is 4.39 Å². The van der Waals surface area contributed by atoms with Gasteiger partial charge >= 0.3 is 0 Å². The Labute approximate surface area is 149 Å². The van der Waals surface area contributed by atoms with E-state index in [4.69, 9.17) is 0 Å². The summed E-state index contributed by atoms with van der Waals surface area (Å²) in [6.07, 6.45) is 5.06. The van der Waals surface area contributed by atoms with Crippen molar-refractivity contribution in [3.63, 3.8) is 0 Å². The summed E-state index contributed by atoms with van der Waals surface area (Å²) in [6, 6.07) is 14.6. The minimum absolute atomic E-state index is 0.0607. The van der Waals surface area contributed by atoms with Gasteiger partial charge in [-0.3, -0.25) is 4.79 Å². The van der Waals surface area contributed by atoms with Gasteiger partial charge in [0.15, 0.2) is 5.78 Å². The molecule has 1 heterocycles. The molecule has 1 saturated heterocycles. The largest absolute Gasteiger partial charge is 0.303 e. The van der Waals surface area contributed by atoms with Crippen LogP contribution in [-0.2, 0) is 6.42 Å². The number of hydrogen-bond acceptors (Lipinski definition) is 2. The highest BCUT2D eigenvalue weighted by atomic mass is 19.1. The molecule has 2 aromatic rings. The number of Topliss-reactive ketones (excluding diaryl/α,β-unsaturated/α-hetero) is 1. The van der Waals surface area contributed by atoms with Crippen LogP contribution >= 0.6 is 0 Å². The normalized spacial score (nSPS) is 16.1. The fourth-order valence-corrected chi connectivity index (χ4v) is 3.35. The highest BCUT2D eigenvalue weighted by Crippen LogP contribution is 2.22. The van der Waals surface area contributed by atoms with Crippen molar-refractivity contribution in [1.29, 1.82) is 0 Å². The van der Waals surface area contributed by atoms with Gasteiger partial charge in [-0.05, 0) is 67.7 Å². The maximum absolute atomic E-state index is 13.0. The molecule has 0 unspecified atom stereocenters. The number of carbonyl (C=O) groups excluding carboxylic acids is 1. The predicted molar refractivity (Wildman–Crippen MR) is 99.1 cm³/mol. The number of likely N-dealkylation sites (tertiary alicyclic amines) is 1. The van der Waals surface area contributed by atoms with E-state index in [9.17, 15) is 9.18 Å². The van der Waals surface area contributed by atoms with Crippen LogP contribution in [0.2, 0.25) is 0 Å². The summed E-state index contributed by atoms with van der Waals surface area (Å²) in [7, 11) is 0. The quantitative estimate of drug-likeness (QED) is 0.721. The molecule has 0 N–H and O–H groups in total. The molecule has 1 radical (unpaired) electrons. The van der Waals surface area contributed by atoms with E-state index in [1.165, 1.54) is 23.3 Å². The number of carbonyl (C=O) groups is 1. The maximum atomic E-state index is 13.0. The third-order valence-electron chi connectivity index (χ3n) is 5.06. The standard InChI is InChI=1S/C22H25FNO/c1-2-17-3-5-18(6-4-17)11-14-24-15-12-20(13-16-24)22(25)19-7-9-21(23)10-8-19/h3-11,20H,2,12-16H2,1H3. The Morgan fingerprint density at radius 1 is 1.08 bits per heavy atom. The van der Waals surface area contributed by atoms with E-state index in [1.807, 2.05) is 0 Å². The molecule has 0 saturated carbocycles. The number of nitrogens with zero attached hydrogens (tertiary/aromatic N) is 1. The molecule has 1 aliphatic heterocycles. The van der Waals surface area contributed by atoms with Crippen molar-refractivity contribution in [2.45, 2.75) is 26.2 Å². The number of aryl methyl sites for hydroxylation is 1. The Kier molecular flexibility index (Phi) is 5.98. The molecule has 3 heteroatoms. The topological polar surface area (TPSA) is 20.3 Å². The van der Waals surface area contributed by atoms with Crippen LogP contribution < -0.4 is 0 Å². The van der Waals surface area contributed by atoms with Crippen molar-refractivity contribution in [3.8, 4) is 0 Å². The lowest BCUT2D eigenvalue weighted by Gasteiger charge is -2.31. The lowest BCUT2D eigenvalue weighted by Crippen LogP contribution is -2.37. The summed E-state index contributed by atoms with van der Waals surface area (Å²) < 4.78 is 13.0. The summed E-state index contributed by atoms with van der Waals surface area (Å²) in [5.41, 5.74) is 3.24. The molecule has 131 valence electrons. The van der Waals surface area contributed by atoms with Crippen LogP contribution in [0.5, 0.6) is 0 Å². The molecular formula is C22H25FNO. The van der Waals surface area contributed by atoms with Crippen LogP contribution in [0, 0.1) is 18.2 Å². The number of hydrogen-bond donors (Lipinski definition) is 0. The second-order valence-corrected chi connectivity index (χ2v) is 6.75. The lowest BCUT2D eigenvalue weighted by molar-refractivity contribution is 0.0846. The zero-order valence-electron chi connectivity index (χ0n) is 14.7. The number of halogens is 1. The van der Waals surface area contributed by atoms with Gasteiger partial charge in [0, 0.05) is 24.4 Å². The highest BCUT2D eigenvalue weighted by molar-refractivity contribution is 5.97. The first-order valence-corrected chi connectivity index (χ1v) is 9.10. The van der Waals surface area contributed by atoms with Gasteiger partial charge in [0.1, 0.15) is 5.82 Å². The fourth-order valence-electron chi connectivity index (χ4n) is 3.35. The molecular weight excluding hydrogens is 313 g/mol. The first-order valence-electron chi connectivity index (χ1n) is 9.10. The van der Waals surface area contributed by atoms with Crippen molar-refractivity contribution in [2.75, 3.05) is 19.6 Å². The first kappa shape index (κ1) is 17.8. The van der Waals surface area contributed by atoms with E-state index in [2.05, 4.69) is 42.5 Å². The molecule has 2 nitrogen and oxygen atoms in total. The summed E-state index contributed by atoms with van der Waals surface area (Å²) in [5, 5.41) is 0. The first-order chi connectivity index (χ1) is 12.2. The second-order valence-electron chi connectivity index (χ2n) is 6.75. The van der Waals surface area contributed by atoms with Crippen molar-refractivity contribution in [3.05, 3.63) is 77.5 Å². The van der Waals surface area contributed by atoms with Crippen LogP contribution in [0.15, 0.2) is 48.5 Å². The monoisotopic (exact) mass is 338 g/mol. The molecule has 0 bridgehead atoms. The molecule has 0 atom stereocenters. The molecule has 0 spiro atoms. The highest BCUT2D eigenvalue weighted by Gasteiger charge is 2.25. The Hall–Kier alpha value is -2.00. The molecule has 25 heavy (non-hydrogen) atoms. The molecule has 2 aromatic carbocycles. The van der Waals surface area contributed by atoms with Gasteiger partial charge in [0.2, 0.25) is 0 Å². The van der Waals surface area contributed by atoms with Crippen LogP contribution in [-0.4, -0.2) is 30.3 Å². The van der Waals surface area contributed by atoms with Crippen molar-refractivity contribution < 1.29 is 9.18 Å². The van der Waals surface area contributed by atoms with Gasteiger partial charge < -0.3 is 4.90 Å². The Morgan fingerprint density at radius 3 is 2.32 bits per heavy atom. The molecule has 0 amide bonds. The molecule has 0 aromatic heterocycles. The van der Waals surface area contributed by atoms with E-state index < -0.39 is 0 Å². The van der Waals surface area contributed by atoms with Crippen molar-refractivity contribution in [2.24, 2.45) is 5.92 Å². The van der Waals surface area contributed by atoms with Crippen LogP contribution in [0.3, 0.4) is 0 Å². The number of ketones is 1. The van der Waals surface area contributed by atoms with Crippen LogP contribution in [0.1, 0.15) is 41.3 Å². The lowest BCUT2D eigenvalue weighted by atomic mass is 9.89. The zero-order valence-corrected chi connectivity index (χ0v) is 14.7. The van der Waals surface area contributed by atoms with Crippen LogP contribution in [0.25, 0.3) is 0 Å². The number of piperidine rings is 1. The zero-order chi connectivity index (χ0) is 17.6. The van der Waals surface area contributed by atoms with Crippen molar-refractivity contribution >= 4 is 5.78 Å².